The maximum atomic E-state index is 8.12. The molecule has 0 amide bonds. The minimum atomic E-state index is 0.330. The number of ether oxygens (including phenoxy) is 10. The molecule has 1 aromatic rings. The molecule has 0 saturated carbocycles. The van der Waals surface area contributed by atoms with Crippen LogP contribution in [0.5, 0.6) is 0 Å². The molecule has 0 bridgehead atoms. The molecular formula is C27H47N3O10. The smallest absolute Gasteiger partial charge is 0.0718 e. The average Bonchev–Trinajstić information content (AvgIpc) is 2.98. The molecule has 1 rings (SSSR count). The fraction of sp³-hybridized carbons (Fsp3) is 0.778. The molecular weight excluding hydrogens is 526 g/mol. The largest absolute Gasteiger partial charge is 0.379 e. The topological polar surface area (TPSA) is 141 Å². The first kappa shape index (κ1) is 36.2. The van der Waals surface area contributed by atoms with Crippen LogP contribution in [0.3, 0.4) is 0 Å². The van der Waals surface area contributed by atoms with Crippen LogP contribution in [0.2, 0.25) is 0 Å². The Labute approximate surface area is 237 Å². The van der Waals surface area contributed by atoms with Gasteiger partial charge in [-0.15, -0.1) is 0 Å². The Balaban J connectivity index is 1.62. The summed E-state index contributed by atoms with van der Waals surface area (Å²) in [7, 11) is 0. The maximum absolute atomic E-state index is 8.12. The Morgan fingerprint density at radius 3 is 1.05 bits per heavy atom. The van der Waals surface area contributed by atoms with Crippen LogP contribution in [-0.2, 0) is 54.0 Å². The van der Waals surface area contributed by atoms with Gasteiger partial charge in [-0.1, -0.05) is 35.4 Å². The van der Waals surface area contributed by atoms with Crippen molar-refractivity contribution in [3.05, 3.63) is 46.3 Å². The Morgan fingerprint density at radius 1 is 0.425 bits per heavy atom. The molecule has 0 heterocycles. The molecule has 0 unspecified atom stereocenters. The van der Waals surface area contributed by atoms with Crippen LogP contribution in [0.1, 0.15) is 5.56 Å². The van der Waals surface area contributed by atoms with Gasteiger partial charge < -0.3 is 47.4 Å². The lowest BCUT2D eigenvalue weighted by Crippen LogP contribution is -2.15. The minimum absolute atomic E-state index is 0.330. The molecule has 40 heavy (non-hydrogen) atoms. The van der Waals surface area contributed by atoms with Crippen LogP contribution in [-0.4, -0.2) is 132 Å². The molecule has 0 atom stereocenters. The van der Waals surface area contributed by atoms with E-state index in [1.807, 2.05) is 30.3 Å². The van der Waals surface area contributed by atoms with E-state index in [-0.39, 0.29) is 0 Å². The quantitative estimate of drug-likeness (QED) is 0.0547. The number of rotatable bonds is 32. The van der Waals surface area contributed by atoms with E-state index in [4.69, 9.17) is 52.9 Å². The van der Waals surface area contributed by atoms with Crippen molar-refractivity contribution >= 4 is 0 Å². The van der Waals surface area contributed by atoms with Crippen LogP contribution < -0.4 is 0 Å². The number of hydrogen-bond donors (Lipinski definition) is 0. The van der Waals surface area contributed by atoms with Gasteiger partial charge in [0.05, 0.1) is 132 Å². The lowest BCUT2D eigenvalue weighted by Gasteiger charge is -2.09. The fourth-order valence-electron chi connectivity index (χ4n) is 2.89. The predicted octanol–water partition coefficient (Wildman–Crippen LogP) is 2.66. The van der Waals surface area contributed by atoms with Gasteiger partial charge >= 0.3 is 0 Å². The van der Waals surface area contributed by atoms with Gasteiger partial charge in [0.1, 0.15) is 0 Å². The van der Waals surface area contributed by atoms with Crippen molar-refractivity contribution in [2.24, 2.45) is 5.11 Å². The van der Waals surface area contributed by atoms with Gasteiger partial charge in [0.25, 0.3) is 0 Å². The second kappa shape index (κ2) is 31.7. The van der Waals surface area contributed by atoms with Crippen LogP contribution in [0.4, 0.5) is 0 Å². The highest BCUT2D eigenvalue weighted by atomic mass is 16.6. The predicted molar refractivity (Wildman–Crippen MR) is 147 cm³/mol. The first-order valence-electron chi connectivity index (χ1n) is 13.8. The van der Waals surface area contributed by atoms with Gasteiger partial charge in [0, 0.05) is 11.5 Å². The zero-order valence-electron chi connectivity index (χ0n) is 23.7. The third kappa shape index (κ3) is 27.7. The second-order valence-electron chi connectivity index (χ2n) is 8.00. The van der Waals surface area contributed by atoms with Crippen LogP contribution in [0, 0.1) is 0 Å². The first-order chi connectivity index (χ1) is 19.9. The van der Waals surface area contributed by atoms with E-state index in [1.165, 1.54) is 0 Å². The summed E-state index contributed by atoms with van der Waals surface area (Å²) < 4.78 is 54.3. The minimum Gasteiger partial charge on any atom is -0.379 e. The SMILES string of the molecule is [N-]=[N+]=NCCOCCOCCOCCOCCOCCOCCOCCOCCOCCOCc1ccccc1. The highest BCUT2D eigenvalue weighted by Crippen LogP contribution is 2.00. The lowest BCUT2D eigenvalue weighted by molar-refractivity contribution is -0.0266. The van der Waals surface area contributed by atoms with E-state index in [0.717, 1.165) is 5.56 Å². The summed E-state index contributed by atoms with van der Waals surface area (Å²) in [6.07, 6.45) is 0. The Morgan fingerprint density at radius 2 is 0.725 bits per heavy atom. The summed E-state index contributed by atoms with van der Waals surface area (Å²) in [5, 5.41) is 3.37. The molecule has 230 valence electrons. The standard InChI is InChI=1S/C27H47N3O10/c28-30-29-6-7-31-8-9-32-10-11-33-12-13-34-14-15-35-16-17-36-18-19-37-20-21-38-22-23-39-24-25-40-26-27-4-2-1-3-5-27/h1-5H,6-26H2. The van der Waals surface area contributed by atoms with E-state index in [0.29, 0.717) is 139 Å². The van der Waals surface area contributed by atoms with Crippen molar-refractivity contribution in [1.82, 2.24) is 0 Å². The van der Waals surface area contributed by atoms with Gasteiger partial charge in [0.2, 0.25) is 0 Å². The molecule has 0 saturated heterocycles. The monoisotopic (exact) mass is 573 g/mol. The summed E-state index contributed by atoms with van der Waals surface area (Å²) in [6, 6.07) is 10.1. The molecule has 13 nitrogen and oxygen atoms in total. The van der Waals surface area contributed by atoms with Crippen molar-refractivity contribution in [2.45, 2.75) is 6.61 Å². The molecule has 0 aliphatic heterocycles. The molecule has 13 heteroatoms. The van der Waals surface area contributed by atoms with Gasteiger partial charge in [-0.3, -0.25) is 0 Å². The third-order valence-corrected chi connectivity index (χ3v) is 4.86. The zero-order valence-corrected chi connectivity index (χ0v) is 23.7. The Bertz CT molecular complexity index is 684. The molecule has 0 aromatic heterocycles. The first-order valence-corrected chi connectivity index (χ1v) is 13.8. The van der Waals surface area contributed by atoms with E-state index >= 15 is 0 Å². The summed E-state index contributed by atoms with van der Waals surface area (Å²) >= 11 is 0. The lowest BCUT2D eigenvalue weighted by atomic mass is 10.2. The van der Waals surface area contributed by atoms with Crippen LogP contribution >= 0.6 is 0 Å². The van der Waals surface area contributed by atoms with Crippen molar-refractivity contribution in [3.8, 4) is 0 Å². The highest BCUT2D eigenvalue weighted by molar-refractivity contribution is 5.13. The van der Waals surface area contributed by atoms with Crippen molar-refractivity contribution in [1.29, 1.82) is 0 Å². The van der Waals surface area contributed by atoms with Gasteiger partial charge in [-0.2, -0.15) is 0 Å². The maximum Gasteiger partial charge on any atom is 0.0718 e. The molecule has 0 spiro atoms. The number of benzene rings is 1. The van der Waals surface area contributed by atoms with Gasteiger partial charge in [-0.25, -0.2) is 0 Å². The molecule has 1 aromatic carbocycles. The molecule has 0 aliphatic rings. The normalized spacial score (nSPS) is 11.1. The number of hydrogen-bond acceptors (Lipinski definition) is 11. The van der Waals surface area contributed by atoms with Crippen molar-refractivity contribution in [3.63, 3.8) is 0 Å². The molecule has 0 N–H and O–H groups in total. The van der Waals surface area contributed by atoms with E-state index in [9.17, 15) is 0 Å². The van der Waals surface area contributed by atoms with E-state index < -0.39 is 0 Å². The molecule has 0 aliphatic carbocycles. The van der Waals surface area contributed by atoms with Crippen LogP contribution in [0.25, 0.3) is 10.4 Å². The third-order valence-electron chi connectivity index (χ3n) is 4.86. The Hall–Kier alpha value is -1.87. The Kier molecular flexibility index (Phi) is 28.6. The van der Waals surface area contributed by atoms with E-state index in [1.54, 1.807) is 0 Å². The number of nitrogens with zero attached hydrogens (tertiary/aromatic N) is 3. The molecule has 0 radical (unpaired) electrons. The average molecular weight is 574 g/mol. The molecule has 0 fully saturated rings. The van der Waals surface area contributed by atoms with Crippen LogP contribution in [0.15, 0.2) is 35.4 Å². The van der Waals surface area contributed by atoms with Gasteiger partial charge in [-0.05, 0) is 11.1 Å². The summed E-state index contributed by atoms with van der Waals surface area (Å²) in [4.78, 5) is 2.64. The fourth-order valence-corrected chi connectivity index (χ4v) is 2.89. The second-order valence-corrected chi connectivity index (χ2v) is 8.00. The highest BCUT2D eigenvalue weighted by Gasteiger charge is 1.96. The number of azide groups is 1. The van der Waals surface area contributed by atoms with E-state index in [2.05, 4.69) is 10.0 Å². The summed E-state index contributed by atoms with van der Waals surface area (Å²) in [6.45, 7) is 10.5. The van der Waals surface area contributed by atoms with Crippen molar-refractivity contribution in [2.75, 3.05) is 132 Å². The van der Waals surface area contributed by atoms with Crippen molar-refractivity contribution < 1.29 is 47.4 Å². The summed E-state index contributed by atoms with van der Waals surface area (Å²) in [5.41, 5.74) is 9.28. The summed E-state index contributed by atoms with van der Waals surface area (Å²) in [5.74, 6) is 0. The zero-order chi connectivity index (χ0) is 28.4. The van der Waals surface area contributed by atoms with Gasteiger partial charge in [0.15, 0.2) is 0 Å².